The van der Waals surface area contributed by atoms with Crippen LogP contribution < -0.4 is 15.8 Å². The highest BCUT2D eigenvalue weighted by molar-refractivity contribution is 7.91. The van der Waals surface area contributed by atoms with E-state index in [1.807, 2.05) is 12.1 Å². The molecule has 4 amide bonds. The summed E-state index contributed by atoms with van der Waals surface area (Å²) in [7, 11) is -3.85. The average molecular weight is 699 g/mol. The largest absolute Gasteiger partial charge is 0.444 e. The molecule has 0 spiro atoms. The minimum Gasteiger partial charge on any atom is -0.444 e. The maximum atomic E-state index is 13.9. The van der Waals surface area contributed by atoms with Crippen LogP contribution in [0.4, 0.5) is 4.79 Å². The Labute approximate surface area is 280 Å². The molecule has 2 aliphatic heterocycles. The molecule has 12 nitrogen and oxygen atoms in total. The van der Waals surface area contributed by atoms with E-state index in [1.165, 1.54) is 15.9 Å². The van der Waals surface area contributed by atoms with E-state index in [0.717, 1.165) is 43.2 Å². The first kappa shape index (κ1) is 34.5. The standard InChI is InChI=1S/C31H40ClN5O7S.ClH/c1-2-20-14-31(20,29(40)35-45(42,43)22-11-12-22)34-27(38)25-13-21(16-37(25)28(39)26(33)18-7-4-3-5-8-18)44-30(41)36-15-19-9-6-10-24(32)23(19)17-36;/h2,6,9-10,18,20-22,25-26H,1,3-5,7-8,11-17,33H2,(H,34,38)(H,35,40);1H/t20-,21-,25+,26+,31-;/m1./s1. The van der Waals surface area contributed by atoms with Gasteiger partial charge in [0.25, 0.3) is 5.91 Å². The number of carbonyl (C=O) groups excluding carboxylic acids is 4. The van der Waals surface area contributed by atoms with Gasteiger partial charge in [-0.1, -0.05) is 49.1 Å². The summed E-state index contributed by atoms with van der Waals surface area (Å²) in [6.07, 6.45) is 5.90. The number of nitrogens with two attached hydrogens (primary N) is 1. The minimum absolute atomic E-state index is 0. The third kappa shape index (κ3) is 6.74. The molecule has 2 heterocycles. The van der Waals surface area contributed by atoms with Crippen molar-refractivity contribution in [1.82, 2.24) is 19.8 Å². The van der Waals surface area contributed by atoms with Gasteiger partial charge in [-0.25, -0.2) is 13.2 Å². The monoisotopic (exact) mass is 697 g/mol. The van der Waals surface area contributed by atoms with E-state index in [4.69, 9.17) is 22.1 Å². The number of halogens is 2. The highest BCUT2D eigenvalue weighted by Gasteiger charge is 2.62. The Kier molecular flexibility index (Phi) is 9.98. The normalized spacial score (nSPS) is 28.0. The van der Waals surface area contributed by atoms with Crippen molar-refractivity contribution in [1.29, 1.82) is 0 Å². The molecule has 0 bridgehead atoms. The molecule has 6 rings (SSSR count). The number of nitrogens with one attached hydrogen (secondary N) is 2. The Bertz CT molecular complexity index is 1520. The van der Waals surface area contributed by atoms with Crippen LogP contribution >= 0.6 is 24.0 Å². The Morgan fingerprint density at radius 2 is 1.83 bits per heavy atom. The highest BCUT2D eigenvalue weighted by atomic mass is 35.5. The summed E-state index contributed by atoms with van der Waals surface area (Å²) in [5, 5.41) is 2.70. The van der Waals surface area contributed by atoms with Gasteiger partial charge in [-0.05, 0) is 55.2 Å². The van der Waals surface area contributed by atoms with Crippen LogP contribution in [0, 0.1) is 11.8 Å². The zero-order valence-corrected chi connectivity index (χ0v) is 27.9. The SMILES string of the molecule is C=C[C@@H]1C[C@]1(NC(=O)[C@@H]1C[C@@H](OC(=O)N2Cc3cccc(Cl)c3C2)CN1C(=O)[C@@H](N)C1CCCCC1)C(=O)NS(=O)(=O)C1CC1.Cl. The van der Waals surface area contributed by atoms with Crippen LogP contribution in [-0.2, 0) is 42.2 Å². The van der Waals surface area contributed by atoms with Crippen molar-refractivity contribution in [3.8, 4) is 0 Å². The van der Waals surface area contributed by atoms with Crippen LogP contribution in [0.3, 0.4) is 0 Å². The maximum Gasteiger partial charge on any atom is 0.410 e. The first-order chi connectivity index (χ1) is 21.4. The van der Waals surface area contributed by atoms with Gasteiger partial charge in [-0.15, -0.1) is 19.0 Å². The summed E-state index contributed by atoms with van der Waals surface area (Å²) >= 11 is 6.32. The number of benzene rings is 1. The lowest BCUT2D eigenvalue weighted by Gasteiger charge is -2.32. The number of nitrogens with zero attached hydrogens (tertiary/aromatic N) is 2. The Morgan fingerprint density at radius 1 is 1.11 bits per heavy atom. The molecule has 1 aromatic rings. The smallest absolute Gasteiger partial charge is 0.410 e. The van der Waals surface area contributed by atoms with Crippen molar-refractivity contribution in [3.05, 3.63) is 47.0 Å². The number of hydrogen-bond acceptors (Lipinski definition) is 8. The zero-order valence-electron chi connectivity index (χ0n) is 25.5. The van der Waals surface area contributed by atoms with Gasteiger partial charge in [0.05, 0.1) is 24.4 Å². The lowest BCUT2D eigenvalue weighted by molar-refractivity contribution is -0.141. The fourth-order valence-corrected chi connectivity index (χ4v) is 8.63. The molecule has 5 atom stereocenters. The van der Waals surface area contributed by atoms with Crippen molar-refractivity contribution < 1.29 is 32.3 Å². The van der Waals surface area contributed by atoms with E-state index >= 15 is 0 Å². The summed E-state index contributed by atoms with van der Waals surface area (Å²) in [5.41, 5.74) is 6.75. The molecular weight excluding hydrogens is 657 g/mol. The lowest BCUT2D eigenvalue weighted by atomic mass is 9.83. The van der Waals surface area contributed by atoms with Gasteiger partial charge in [0.2, 0.25) is 21.8 Å². The van der Waals surface area contributed by atoms with E-state index < -0.39 is 68.7 Å². The molecule has 0 radical (unpaired) electrons. The van der Waals surface area contributed by atoms with Crippen LogP contribution in [0.5, 0.6) is 0 Å². The second-order valence-corrected chi connectivity index (χ2v) is 15.5. The topological polar surface area (TPSA) is 168 Å². The van der Waals surface area contributed by atoms with Crippen molar-refractivity contribution in [2.75, 3.05) is 6.54 Å². The Morgan fingerprint density at radius 3 is 2.46 bits per heavy atom. The minimum atomic E-state index is -3.85. The van der Waals surface area contributed by atoms with E-state index in [-0.39, 0.29) is 44.3 Å². The molecule has 4 N–H and O–H groups in total. The number of fused-ring (bicyclic) bond motifs is 1. The predicted octanol–water partition coefficient (Wildman–Crippen LogP) is 2.76. The van der Waals surface area contributed by atoms with Gasteiger partial charge in [0, 0.05) is 23.9 Å². The molecule has 252 valence electrons. The van der Waals surface area contributed by atoms with Gasteiger partial charge >= 0.3 is 6.09 Å². The highest BCUT2D eigenvalue weighted by Crippen LogP contribution is 2.45. The molecule has 1 saturated heterocycles. The first-order valence-corrected chi connectivity index (χ1v) is 17.6. The molecule has 5 aliphatic rings. The van der Waals surface area contributed by atoms with E-state index in [0.29, 0.717) is 24.4 Å². The molecule has 3 saturated carbocycles. The quantitative estimate of drug-likeness (QED) is 0.331. The fourth-order valence-electron chi connectivity index (χ4n) is 7.01. The maximum absolute atomic E-state index is 13.9. The average Bonchev–Trinajstić information content (AvgIpc) is 3.91. The van der Waals surface area contributed by atoms with Crippen LogP contribution in [0.2, 0.25) is 5.02 Å². The second kappa shape index (κ2) is 13.3. The molecule has 1 aromatic carbocycles. The van der Waals surface area contributed by atoms with E-state index in [9.17, 15) is 27.6 Å². The Hall–Kier alpha value is -2.87. The second-order valence-electron chi connectivity index (χ2n) is 13.1. The van der Waals surface area contributed by atoms with Crippen molar-refractivity contribution in [2.24, 2.45) is 17.6 Å². The summed E-state index contributed by atoms with van der Waals surface area (Å²) < 4.78 is 33.0. The summed E-state index contributed by atoms with van der Waals surface area (Å²) in [5.74, 6) is -2.38. The van der Waals surface area contributed by atoms with E-state index in [2.05, 4.69) is 16.6 Å². The van der Waals surface area contributed by atoms with Crippen molar-refractivity contribution in [2.45, 2.75) is 99.9 Å². The summed E-state index contributed by atoms with van der Waals surface area (Å²) in [6, 6.07) is 3.58. The number of likely N-dealkylation sites (tertiary alicyclic amines) is 1. The third-order valence-electron chi connectivity index (χ3n) is 9.99. The number of rotatable bonds is 9. The number of ether oxygens (including phenoxy) is 1. The molecule has 15 heteroatoms. The first-order valence-electron chi connectivity index (χ1n) is 15.7. The van der Waals surface area contributed by atoms with Gasteiger partial charge < -0.3 is 20.7 Å². The summed E-state index contributed by atoms with van der Waals surface area (Å²) in [4.78, 5) is 57.1. The number of hydrogen-bond donors (Lipinski definition) is 3. The molecule has 4 fully saturated rings. The number of amides is 4. The molecular formula is C31H41Cl2N5O7S. The lowest BCUT2D eigenvalue weighted by Crippen LogP contribution is -2.58. The predicted molar refractivity (Wildman–Crippen MR) is 172 cm³/mol. The zero-order chi connectivity index (χ0) is 32.1. The number of sulfonamides is 1. The molecule has 3 aliphatic carbocycles. The van der Waals surface area contributed by atoms with E-state index in [1.54, 1.807) is 6.07 Å². The van der Waals surface area contributed by atoms with Gasteiger partial charge in [-0.3, -0.25) is 24.0 Å². The molecule has 46 heavy (non-hydrogen) atoms. The van der Waals surface area contributed by atoms with Crippen LogP contribution in [0.1, 0.15) is 68.9 Å². The van der Waals surface area contributed by atoms with Crippen molar-refractivity contribution >= 4 is 57.8 Å². The fraction of sp³-hybridized carbons (Fsp3) is 0.613. The molecule has 0 unspecified atom stereocenters. The van der Waals surface area contributed by atoms with Gasteiger partial charge in [0.15, 0.2) is 0 Å². The number of carbonyl (C=O) groups is 4. The van der Waals surface area contributed by atoms with Crippen LogP contribution in [0.25, 0.3) is 0 Å². The van der Waals surface area contributed by atoms with Crippen molar-refractivity contribution in [3.63, 3.8) is 0 Å². The third-order valence-corrected chi connectivity index (χ3v) is 12.2. The van der Waals surface area contributed by atoms with Gasteiger partial charge in [0.1, 0.15) is 17.7 Å². The Balaban J connectivity index is 0.00000417. The summed E-state index contributed by atoms with van der Waals surface area (Å²) in [6.45, 7) is 4.31. The van der Waals surface area contributed by atoms with Crippen LogP contribution in [0.15, 0.2) is 30.9 Å². The molecule has 0 aromatic heterocycles. The van der Waals surface area contributed by atoms with Crippen LogP contribution in [-0.4, -0.2) is 77.6 Å². The van der Waals surface area contributed by atoms with Gasteiger partial charge in [-0.2, -0.15) is 0 Å².